The fourth-order valence-corrected chi connectivity index (χ4v) is 1.83. The molecule has 2 N–H and O–H groups in total. The van der Waals surface area contributed by atoms with E-state index >= 15 is 0 Å². The van der Waals surface area contributed by atoms with E-state index in [1.807, 2.05) is 0 Å². The zero-order chi connectivity index (χ0) is 12.4. The van der Waals surface area contributed by atoms with Gasteiger partial charge in [-0.05, 0) is 24.6 Å². The number of amides is 2. The molecule has 0 radical (unpaired) electrons. The Bertz CT molecular complexity index is 442. The van der Waals surface area contributed by atoms with Gasteiger partial charge in [-0.1, -0.05) is 12.1 Å². The van der Waals surface area contributed by atoms with Crippen molar-refractivity contribution in [1.82, 2.24) is 10.2 Å². The summed E-state index contributed by atoms with van der Waals surface area (Å²) in [5.41, 5.74) is 0.887. The number of piperazine rings is 1. The van der Waals surface area contributed by atoms with Crippen molar-refractivity contribution in [2.24, 2.45) is 0 Å². The lowest BCUT2D eigenvalue weighted by Crippen LogP contribution is -2.56. The summed E-state index contributed by atoms with van der Waals surface area (Å²) in [6.07, 6.45) is 0. The molecule has 0 bridgehead atoms. The lowest BCUT2D eigenvalue weighted by molar-refractivity contribution is -0.144. The van der Waals surface area contributed by atoms with E-state index in [0.29, 0.717) is 6.54 Å². The quantitative estimate of drug-likeness (QED) is 0.770. The molecule has 0 saturated carbocycles. The molecule has 2 rings (SSSR count). The molecule has 0 aliphatic carbocycles. The minimum Gasteiger partial charge on any atom is -0.508 e. The zero-order valence-corrected chi connectivity index (χ0v) is 9.51. The number of benzene rings is 1. The summed E-state index contributed by atoms with van der Waals surface area (Å²) in [5, 5.41) is 11.7. The molecular weight excluding hydrogens is 220 g/mol. The Morgan fingerprint density at radius 2 is 2.00 bits per heavy atom. The molecule has 1 aromatic rings. The lowest BCUT2D eigenvalue weighted by Gasteiger charge is -2.30. The van der Waals surface area contributed by atoms with Crippen LogP contribution in [0.25, 0.3) is 0 Å². The third-order valence-electron chi connectivity index (χ3n) is 2.70. The van der Waals surface area contributed by atoms with Crippen LogP contribution in [-0.4, -0.2) is 34.4 Å². The molecule has 1 atom stereocenters. The van der Waals surface area contributed by atoms with Gasteiger partial charge in [0.1, 0.15) is 11.8 Å². The monoisotopic (exact) mass is 234 g/mol. The van der Waals surface area contributed by atoms with Gasteiger partial charge in [0.15, 0.2) is 0 Å². The van der Waals surface area contributed by atoms with Crippen LogP contribution >= 0.6 is 0 Å². The van der Waals surface area contributed by atoms with Gasteiger partial charge in [-0.25, -0.2) is 0 Å². The van der Waals surface area contributed by atoms with Crippen molar-refractivity contribution in [2.45, 2.75) is 19.5 Å². The van der Waals surface area contributed by atoms with E-state index in [-0.39, 0.29) is 24.1 Å². The number of carbonyl (C=O) groups is 2. The molecule has 2 amide bonds. The van der Waals surface area contributed by atoms with Crippen LogP contribution in [0.15, 0.2) is 24.3 Å². The van der Waals surface area contributed by atoms with Crippen molar-refractivity contribution >= 4 is 11.8 Å². The summed E-state index contributed by atoms with van der Waals surface area (Å²) >= 11 is 0. The van der Waals surface area contributed by atoms with Gasteiger partial charge in [0.05, 0.1) is 6.54 Å². The predicted molar refractivity (Wildman–Crippen MR) is 61.1 cm³/mol. The maximum atomic E-state index is 11.8. The number of hydrogen-bond acceptors (Lipinski definition) is 3. The number of phenolic OH excluding ortho intramolecular Hbond substituents is 1. The molecule has 1 heterocycles. The number of hydrogen-bond donors (Lipinski definition) is 2. The average Bonchev–Trinajstić information content (AvgIpc) is 2.28. The fourth-order valence-electron chi connectivity index (χ4n) is 1.83. The number of phenols is 1. The van der Waals surface area contributed by atoms with E-state index in [1.54, 1.807) is 31.2 Å². The SMILES string of the molecule is CC1NC(=O)CN(Cc2ccc(O)cc2)C1=O. The number of nitrogens with one attached hydrogen (secondary N) is 1. The molecular formula is C12H14N2O3. The van der Waals surface area contributed by atoms with E-state index in [0.717, 1.165) is 5.56 Å². The third kappa shape index (κ3) is 2.55. The van der Waals surface area contributed by atoms with Gasteiger partial charge >= 0.3 is 0 Å². The van der Waals surface area contributed by atoms with Gasteiger partial charge in [0.2, 0.25) is 11.8 Å². The van der Waals surface area contributed by atoms with Crippen molar-refractivity contribution in [3.05, 3.63) is 29.8 Å². The Morgan fingerprint density at radius 3 is 2.65 bits per heavy atom. The van der Waals surface area contributed by atoms with Gasteiger partial charge in [-0.15, -0.1) is 0 Å². The highest BCUT2D eigenvalue weighted by atomic mass is 16.3. The molecule has 1 unspecified atom stereocenters. The van der Waals surface area contributed by atoms with Gasteiger partial charge in [0, 0.05) is 6.54 Å². The molecule has 5 heteroatoms. The molecule has 5 nitrogen and oxygen atoms in total. The van der Waals surface area contributed by atoms with Crippen LogP contribution in [-0.2, 0) is 16.1 Å². The first-order valence-electron chi connectivity index (χ1n) is 5.42. The van der Waals surface area contributed by atoms with Crippen molar-refractivity contribution < 1.29 is 14.7 Å². The van der Waals surface area contributed by atoms with E-state index < -0.39 is 6.04 Å². The largest absolute Gasteiger partial charge is 0.508 e. The predicted octanol–water partition coefficient (Wildman–Crippen LogP) is 0.239. The highest BCUT2D eigenvalue weighted by molar-refractivity contribution is 5.94. The van der Waals surface area contributed by atoms with Crippen LogP contribution in [0.5, 0.6) is 5.75 Å². The summed E-state index contributed by atoms with van der Waals surface area (Å²) in [6, 6.07) is 6.13. The van der Waals surface area contributed by atoms with Crippen LogP contribution in [0.3, 0.4) is 0 Å². The highest BCUT2D eigenvalue weighted by Gasteiger charge is 2.29. The second-order valence-electron chi connectivity index (χ2n) is 4.15. The summed E-state index contributed by atoms with van der Waals surface area (Å²) in [7, 11) is 0. The van der Waals surface area contributed by atoms with Gasteiger partial charge in [0.25, 0.3) is 0 Å². The molecule has 1 aromatic carbocycles. The minimum absolute atomic E-state index is 0.0855. The Kier molecular flexibility index (Phi) is 2.99. The van der Waals surface area contributed by atoms with E-state index in [4.69, 9.17) is 5.11 Å². The zero-order valence-electron chi connectivity index (χ0n) is 9.51. The molecule has 0 aromatic heterocycles. The fraction of sp³-hybridized carbons (Fsp3) is 0.333. The molecule has 1 aliphatic rings. The van der Waals surface area contributed by atoms with Crippen molar-refractivity contribution in [2.75, 3.05) is 6.54 Å². The van der Waals surface area contributed by atoms with Crippen LogP contribution in [0.1, 0.15) is 12.5 Å². The standard InChI is InChI=1S/C12H14N2O3/c1-8-12(17)14(7-11(16)13-8)6-9-2-4-10(15)5-3-9/h2-5,8,15H,6-7H2,1H3,(H,13,16). The van der Waals surface area contributed by atoms with Gasteiger partial charge in [-0.3, -0.25) is 9.59 Å². The molecule has 1 aliphatic heterocycles. The summed E-state index contributed by atoms with van der Waals surface area (Å²) in [6.45, 7) is 2.14. The molecule has 1 fully saturated rings. The molecule has 17 heavy (non-hydrogen) atoms. The van der Waals surface area contributed by atoms with Crippen LogP contribution < -0.4 is 5.32 Å². The number of rotatable bonds is 2. The van der Waals surface area contributed by atoms with Crippen LogP contribution in [0.4, 0.5) is 0 Å². The Hall–Kier alpha value is -2.04. The van der Waals surface area contributed by atoms with Crippen LogP contribution in [0.2, 0.25) is 0 Å². The minimum atomic E-state index is -0.464. The third-order valence-corrected chi connectivity index (χ3v) is 2.70. The van der Waals surface area contributed by atoms with Crippen molar-refractivity contribution in [3.63, 3.8) is 0 Å². The maximum absolute atomic E-state index is 11.8. The second-order valence-corrected chi connectivity index (χ2v) is 4.15. The average molecular weight is 234 g/mol. The first-order chi connectivity index (χ1) is 8.06. The molecule has 0 spiro atoms. The van der Waals surface area contributed by atoms with E-state index in [2.05, 4.69) is 5.32 Å². The van der Waals surface area contributed by atoms with E-state index in [9.17, 15) is 9.59 Å². The van der Waals surface area contributed by atoms with Gasteiger partial charge < -0.3 is 15.3 Å². The first-order valence-corrected chi connectivity index (χ1v) is 5.42. The van der Waals surface area contributed by atoms with E-state index in [1.165, 1.54) is 4.90 Å². The number of nitrogens with zero attached hydrogens (tertiary/aromatic N) is 1. The Morgan fingerprint density at radius 1 is 1.35 bits per heavy atom. The van der Waals surface area contributed by atoms with Gasteiger partial charge in [-0.2, -0.15) is 0 Å². The lowest BCUT2D eigenvalue weighted by atomic mass is 10.1. The molecule has 90 valence electrons. The maximum Gasteiger partial charge on any atom is 0.245 e. The smallest absolute Gasteiger partial charge is 0.245 e. The Labute approximate surface area is 99.0 Å². The number of carbonyl (C=O) groups excluding carboxylic acids is 2. The topological polar surface area (TPSA) is 69.6 Å². The van der Waals surface area contributed by atoms with Crippen LogP contribution in [0, 0.1) is 0 Å². The normalized spacial score (nSPS) is 20.3. The Balaban J connectivity index is 2.09. The molecule has 1 saturated heterocycles. The summed E-state index contributed by atoms with van der Waals surface area (Å²) < 4.78 is 0. The van der Waals surface area contributed by atoms with Crippen molar-refractivity contribution in [1.29, 1.82) is 0 Å². The second kappa shape index (κ2) is 4.45. The van der Waals surface area contributed by atoms with Crippen molar-refractivity contribution in [3.8, 4) is 5.75 Å². The summed E-state index contributed by atoms with van der Waals surface area (Å²) in [4.78, 5) is 24.6. The summed E-state index contributed by atoms with van der Waals surface area (Å²) in [5.74, 6) is -0.0432. The highest BCUT2D eigenvalue weighted by Crippen LogP contribution is 2.13. The number of aromatic hydroxyl groups is 1. The first kappa shape index (κ1) is 11.4.